The van der Waals surface area contributed by atoms with E-state index in [0.717, 1.165) is 0 Å². The molecule has 82 valence electrons. The number of hydrogen-bond donors (Lipinski definition) is 1. The average molecular weight is 237 g/mol. The Hall–Kier alpha value is -1.00. The SMILES string of the molecule is OC/C=C(\c1cccc(Cl)c1)C(F)(F)F. The molecule has 0 amide bonds. The fourth-order valence-corrected chi connectivity index (χ4v) is 1.33. The molecule has 0 aliphatic heterocycles. The van der Waals surface area contributed by atoms with Gasteiger partial charge in [-0.25, -0.2) is 0 Å². The van der Waals surface area contributed by atoms with Gasteiger partial charge < -0.3 is 5.11 Å². The summed E-state index contributed by atoms with van der Waals surface area (Å²) >= 11 is 5.58. The predicted octanol–water partition coefficient (Wildman–Crippen LogP) is 3.28. The van der Waals surface area contributed by atoms with Crippen LogP contribution in [0.1, 0.15) is 5.56 Å². The third kappa shape index (κ3) is 3.25. The Kier molecular flexibility index (Phi) is 3.77. The molecule has 0 saturated heterocycles. The lowest BCUT2D eigenvalue weighted by atomic mass is 10.1. The predicted molar refractivity (Wildman–Crippen MR) is 52.6 cm³/mol. The Bertz CT molecular complexity index is 371. The van der Waals surface area contributed by atoms with Crippen LogP contribution in [0.15, 0.2) is 30.3 Å². The van der Waals surface area contributed by atoms with Gasteiger partial charge in [0.25, 0.3) is 0 Å². The number of halogens is 4. The normalized spacial score (nSPS) is 13.0. The fraction of sp³-hybridized carbons (Fsp3) is 0.200. The van der Waals surface area contributed by atoms with Crippen molar-refractivity contribution in [2.75, 3.05) is 6.61 Å². The van der Waals surface area contributed by atoms with Crippen molar-refractivity contribution in [1.29, 1.82) is 0 Å². The summed E-state index contributed by atoms with van der Waals surface area (Å²) in [6.07, 6.45) is -3.78. The quantitative estimate of drug-likeness (QED) is 0.836. The number of allylic oxidation sites excluding steroid dienone is 1. The van der Waals surface area contributed by atoms with Crippen LogP contribution in [0.4, 0.5) is 13.2 Å². The molecule has 1 aromatic carbocycles. The highest BCUT2D eigenvalue weighted by atomic mass is 35.5. The standard InChI is InChI=1S/C10H8ClF3O/c11-8-3-1-2-7(6-8)9(4-5-15)10(12,13)14/h1-4,6,15H,5H2/b9-4+. The van der Waals surface area contributed by atoms with E-state index in [4.69, 9.17) is 16.7 Å². The molecular weight excluding hydrogens is 229 g/mol. The van der Waals surface area contributed by atoms with E-state index < -0.39 is 18.4 Å². The van der Waals surface area contributed by atoms with Gasteiger partial charge in [-0.1, -0.05) is 23.7 Å². The van der Waals surface area contributed by atoms with Crippen molar-refractivity contribution in [3.05, 3.63) is 40.9 Å². The highest BCUT2D eigenvalue weighted by molar-refractivity contribution is 6.30. The number of rotatable bonds is 2. The Morgan fingerprint density at radius 3 is 2.53 bits per heavy atom. The molecule has 0 bridgehead atoms. The topological polar surface area (TPSA) is 20.2 Å². The molecule has 1 aromatic rings. The van der Waals surface area contributed by atoms with Crippen LogP contribution < -0.4 is 0 Å². The molecule has 0 unspecified atom stereocenters. The monoisotopic (exact) mass is 236 g/mol. The van der Waals surface area contributed by atoms with E-state index in [1.165, 1.54) is 24.3 Å². The first-order valence-electron chi connectivity index (χ1n) is 4.09. The number of hydrogen-bond acceptors (Lipinski definition) is 1. The second kappa shape index (κ2) is 4.68. The zero-order valence-corrected chi connectivity index (χ0v) is 8.31. The second-order valence-electron chi connectivity index (χ2n) is 2.81. The molecule has 1 N–H and O–H groups in total. The van der Waals surface area contributed by atoms with Gasteiger partial charge in [0, 0.05) is 5.02 Å². The first kappa shape index (κ1) is 12.1. The Morgan fingerprint density at radius 1 is 1.40 bits per heavy atom. The van der Waals surface area contributed by atoms with Gasteiger partial charge in [-0.15, -0.1) is 0 Å². The summed E-state index contributed by atoms with van der Waals surface area (Å²) in [5.74, 6) is 0. The van der Waals surface area contributed by atoms with Crippen molar-refractivity contribution < 1.29 is 18.3 Å². The molecular formula is C10H8ClF3O. The van der Waals surface area contributed by atoms with Crippen LogP contribution in [-0.2, 0) is 0 Å². The molecule has 1 nitrogen and oxygen atoms in total. The van der Waals surface area contributed by atoms with Crippen LogP contribution in [0.5, 0.6) is 0 Å². The van der Waals surface area contributed by atoms with E-state index in [9.17, 15) is 13.2 Å². The van der Waals surface area contributed by atoms with Crippen molar-refractivity contribution in [2.24, 2.45) is 0 Å². The average Bonchev–Trinajstić information content (AvgIpc) is 2.12. The van der Waals surface area contributed by atoms with E-state index >= 15 is 0 Å². The highest BCUT2D eigenvalue weighted by Crippen LogP contribution is 2.34. The van der Waals surface area contributed by atoms with Gasteiger partial charge in [-0.3, -0.25) is 0 Å². The van der Waals surface area contributed by atoms with Crippen molar-refractivity contribution in [3.63, 3.8) is 0 Å². The van der Waals surface area contributed by atoms with Crippen LogP contribution >= 0.6 is 11.6 Å². The summed E-state index contributed by atoms with van der Waals surface area (Å²) in [7, 11) is 0. The van der Waals surface area contributed by atoms with Crippen molar-refractivity contribution in [3.8, 4) is 0 Å². The maximum atomic E-state index is 12.5. The van der Waals surface area contributed by atoms with Gasteiger partial charge in [0.1, 0.15) is 0 Å². The maximum Gasteiger partial charge on any atom is 0.416 e. The minimum atomic E-state index is -4.49. The molecule has 1 rings (SSSR count). The minimum Gasteiger partial charge on any atom is -0.392 e. The largest absolute Gasteiger partial charge is 0.416 e. The van der Waals surface area contributed by atoms with E-state index in [1.54, 1.807) is 0 Å². The van der Waals surface area contributed by atoms with Crippen LogP contribution in [0.25, 0.3) is 5.57 Å². The summed E-state index contributed by atoms with van der Waals surface area (Å²) < 4.78 is 37.5. The number of alkyl halides is 3. The van der Waals surface area contributed by atoms with Crippen molar-refractivity contribution >= 4 is 17.2 Å². The lowest BCUT2D eigenvalue weighted by Gasteiger charge is -2.11. The zero-order valence-electron chi connectivity index (χ0n) is 7.55. The molecule has 0 aliphatic rings. The number of aliphatic hydroxyl groups is 1. The zero-order chi connectivity index (χ0) is 11.5. The van der Waals surface area contributed by atoms with Gasteiger partial charge in [-0.05, 0) is 23.8 Å². The van der Waals surface area contributed by atoms with Crippen LogP contribution in [-0.4, -0.2) is 17.9 Å². The van der Waals surface area contributed by atoms with Gasteiger partial charge >= 0.3 is 6.18 Å². The lowest BCUT2D eigenvalue weighted by molar-refractivity contribution is -0.0692. The summed E-state index contributed by atoms with van der Waals surface area (Å²) in [4.78, 5) is 0. The van der Waals surface area contributed by atoms with Gasteiger partial charge in [0.2, 0.25) is 0 Å². The third-order valence-corrected chi connectivity index (χ3v) is 1.97. The van der Waals surface area contributed by atoms with Crippen LogP contribution in [0.3, 0.4) is 0 Å². The summed E-state index contributed by atoms with van der Waals surface area (Å²) in [6, 6.07) is 5.41. The summed E-state index contributed by atoms with van der Waals surface area (Å²) in [5, 5.41) is 8.74. The first-order valence-corrected chi connectivity index (χ1v) is 4.47. The smallest absolute Gasteiger partial charge is 0.392 e. The van der Waals surface area contributed by atoms with E-state index in [2.05, 4.69) is 0 Å². The fourth-order valence-electron chi connectivity index (χ4n) is 1.14. The highest BCUT2D eigenvalue weighted by Gasteiger charge is 2.34. The second-order valence-corrected chi connectivity index (χ2v) is 3.24. The first-order chi connectivity index (χ1) is 6.95. The molecule has 0 spiro atoms. The third-order valence-electron chi connectivity index (χ3n) is 1.74. The summed E-state index contributed by atoms with van der Waals surface area (Å²) in [6.45, 7) is -0.665. The van der Waals surface area contributed by atoms with Crippen LogP contribution in [0.2, 0.25) is 5.02 Å². The molecule has 0 fully saturated rings. The molecule has 0 aromatic heterocycles. The number of aliphatic hydroxyl groups excluding tert-OH is 1. The Morgan fingerprint density at radius 2 is 2.07 bits per heavy atom. The van der Waals surface area contributed by atoms with Crippen LogP contribution in [0, 0.1) is 0 Å². The van der Waals surface area contributed by atoms with Gasteiger partial charge in [0.15, 0.2) is 0 Å². The Labute approximate surface area is 89.8 Å². The summed E-state index contributed by atoms with van der Waals surface area (Å²) in [5.41, 5.74) is -0.934. The lowest BCUT2D eigenvalue weighted by Crippen LogP contribution is -2.11. The van der Waals surface area contributed by atoms with E-state index in [1.807, 2.05) is 0 Å². The molecule has 0 atom stereocenters. The van der Waals surface area contributed by atoms with Gasteiger partial charge in [-0.2, -0.15) is 13.2 Å². The molecule has 0 saturated carbocycles. The Balaban J connectivity index is 3.17. The van der Waals surface area contributed by atoms with E-state index in [0.29, 0.717) is 6.08 Å². The molecule has 0 aliphatic carbocycles. The minimum absolute atomic E-state index is 0.0518. The van der Waals surface area contributed by atoms with Crippen molar-refractivity contribution in [2.45, 2.75) is 6.18 Å². The molecule has 5 heteroatoms. The maximum absolute atomic E-state index is 12.5. The molecule has 0 heterocycles. The van der Waals surface area contributed by atoms with Gasteiger partial charge in [0.05, 0.1) is 12.2 Å². The number of benzene rings is 1. The van der Waals surface area contributed by atoms with Crippen molar-refractivity contribution in [1.82, 2.24) is 0 Å². The molecule has 0 radical (unpaired) electrons. The molecule has 15 heavy (non-hydrogen) atoms. The van der Waals surface area contributed by atoms with E-state index in [-0.39, 0.29) is 10.6 Å².